The lowest BCUT2D eigenvalue weighted by atomic mass is 9.98. The summed E-state index contributed by atoms with van der Waals surface area (Å²) in [5, 5.41) is 7.21. The van der Waals surface area contributed by atoms with Gasteiger partial charge in [-0.05, 0) is 42.7 Å². The van der Waals surface area contributed by atoms with Crippen LogP contribution in [-0.2, 0) is 13.0 Å². The number of ether oxygens (including phenoxy) is 2. The number of fused-ring (bicyclic) bond motifs is 1. The second-order valence-electron chi connectivity index (χ2n) is 7.08. The molecule has 1 amide bonds. The Hall–Kier alpha value is -3.14. The molecule has 1 aliphatic rings. The molecule has 1 N–H and O–H groups in total. The number of thiazole rings is 1. The van der Waals surface area contributed by atoms with Crippen molar-refractivity contribution in [3.05, 3.63) is 81.9 Å². The Balaban J connectivity index is 0.00000259. The molecule has 5 rings (SSSR count). The summed E-state index contributed by atoms with van der Waals surface area (Å²) < 4.78 is 17.0. The summed E-state index contributed by atoms with van der Waals surface area (Å²) in [6, 6.07) is 11.0. The fourth-order valence-electron chi connectivity index (χ4n) is 3.34. The molecule has 3 aromatic heterocycles. The molecule has 0 aliphatic carbocycles. The molecular weight excluding hydrogens is 487 g/mol. The van der Waals surface area contributed by atoms with Crippen LogP contribution in [0.2, 0.25) is 5.15 Å². The number of carbonyl (C=O) groups is 1. The average Bonchev–Trinajstić information content (AvgIpc) is 3.50. The van der Waals surface area contributed by atoms with Crippen LogP contribution in [-0.4, -0.2) is 21.0 Å². The van der Waals surface area contributed by atoms with Crippen molar-refractivity contribution in [2.75, 3.05) is 0 Å². The number of nitrogens with zero attached hydrogens (tertiary/aromatic N) is 3. The van der Waals surface area contributed by atoms with E-state index in [0.717, 1.165) is 29.7 Å². The van der Waals surface area contributed by atoms with E-state index in [4.69, 9.17) is 25.6 Å². The van der Waals surface area contributed by atoms with Crippen LogP contribution < -0.4 is 14.8 Å². The van der Waals surface area contributed by atoms with E-state index in [9.17, 15) is 4.79 Å². The molecule has 11 heteroatoms. The molecule has 4 aromatic rings. The van der Waals surface area contributed by atoms with Gasteiger partial charge in [0.1, 0.15) is 27.6 Å². The smallest absolute Gasteiger partial charge is 0.279 e. The Labute approximate surface area is 204 Å². The van der Waals surface area contributed by atoms with Crippen molar-refractivity contribution >= 4 is 41.3 Å². The summed E-state index contributed by atoms with van der Waals surface area (Å²) in [5.41, 5.74) is 2.06. The lowest BCUT2D eigenvalue weighted by Gasteiger charge is -2.26. The number of hydrogen-bond donors (Lipinski definition) is 1. The number of carbonyl (C=O) groups excluding carboxylic acids is 1. The first-order valence-corrected chi connectivity index (χ1v) is 11.1. The van der Waals surface area contributed by atoms with Crippen molar-refractivity contribution in [3.8, 4) is 16.7 Å². The molecule has 0 radical (unpaired) electrons. The standard InChI is InChI=1S/C22H17ClN4O4S.ClH/c23-20-6-2-14(10-24-20)18-4-1-13-9-15(3-5-17(13)30-18)29-22-26-12-19(32-22)21(28)25-11-16-7-8-27-31-16;/h2-3,5-10,12,18H,1,4,11H2,(H,25,28);1H. The van der Waals surface area contributed by atoms with Crippen LogP contribution in [0, 0.1) is 0 Å². The maximum absolute atomic E-state index is 12.3. The molecule has 8 nitrogen and oxygen atoms in total. The Kier molecular flexibility index (Phi) is 7.12. The van der Waals surface area contributed by atoms with Crippen LogP contribution >= 0.6 is 35.3 Å². The van der Waals surface area contributed by atoms with E-state index in [0.29, 0.717) is 26.7 Å². The third-order valence-corrected chi connectivity index (χ3v) is 6.02. The molecule has 0 bridgehead atoms. The molecule has 33 heavy (non-hydrogen) atoms. The van der Waals surface area contributed by atoms with E-state index in [1.807, 2.05) is 24.3 Å². The summed E-state index contributed by atoms with van der Waals surface area (Å²) >= 11 is 7.04. The van der Waals surface area contributed by atoms with Crippen LogP contribution in [0.25, 0.3) is 0 Å². The van der Waals surface area contributed by atoms with E-state index < -0.39 is 0 Å². The van der Waals surface area contributed by atoms with Gasteiger partial charge in [0.15, 0.2) is 5.76 Å². The predicted molar refractivity (Wildman–Crippen MR) is 124 cm³/mol. The van der Waals surface area contributed by atoms with Gasteiger partial charge in [-0.3, -0.25) is 4.79 Å². The van der Waals surface area contributed by atoms with Gasteiger partial charge in [0.2, 0.25) is 0 Å². The number of aromatic nitrogens is 3. The molecule has 0 saturated heterocycles. The monoisotopic (exact) mass is 504 g/mol. The summed E-state index contributed by atoms with van der Waals surface area (Å²) in [6.07, 6.45) is 6.37. The molecule has 0 fully saturated rings. The summed E-state index contributed by atoms with van der Waals surface area (Å²) in [7, 11) is 0. The van der Waals surface area contributed by atoms with E-state index in [1.54, 1.807) is 18.3 Å². The van der Waals surface area contributed by atoms with Crippen LogP contribution in [0.15, 0.2) is 59.5 Å². The molecule has 0 spiro atoms. The zero-order valence-electron chi connectivity index (χ0n) is 17.1. The third-order valence-electron chi connectivity index (χ3n) is 4.93. The predicted octanol–water partition coefficient (Wildman–Crippen LogP) is 5.39. The number of aryl methyl sites for hydroxylation is 1. The molecule has 0 saturated carbocycles. The maximum Gasteiger partial charge on any atom is 0.279 e. The second-order valence-corrected chi connectivity index (χ2v) is 8.46. The number of pyridine rings is 1. The Morgan fingerprint density at radius 2 is 2.12 bits per heavy atom. The summed E-state index contributed by atoms with van der Waals surface area (Å²) in [5.74, 6) is 1.78. The molecule has 1 unspecified atom stereocenters. The van der Waals surface area contributed by atoms with Gasteiger partial charge in [-0.2, -0.15) is 0 Å². The number of hydrogen-bond acceptors (Lipinski definition) is 8. The van der Waals surface area contributed by atoms with Crippen LogP contribution in [0.3, 0.4) is 0 Å². The first kappa shape index (κ1) is 23.0. The Morgan fingerprint density at radius 1 is 1.21 bits per heavy atom. The molecule has 170 valence electrons. The minimum atomic E-state index is -0.254. The zero-order valence-corrected chi connectivity index (χ0v) is 19.5. The van der Waals surface area contributed by atoms with E-state index in [2.05, 4.69) is 20.4 Å². The van der Waals surface area contributed by atoms with Gasteiger partial charge >= 0.3 is 0 Å². The summed E-state index contributed by atoms with van der Waals surface area (Å²) in [6.45, 7) is 0.255. The number of halogens is 2. The SMILES string of the molecule is Cl.O=C(NCc1ccno1)c1cnc(Oc2ccc3c(c2)CCC(c2ccc(Cl)nc2)O3)s1. The van der Waals surface area contributed by atoms with Crippen LogP contribution in [0.1, 0.15) is 39.1 Å². The van der Waals surface area contributed by atoms with Gasteiger partial charge < -0.3 is 19.3 Å². The Bertz CT molecular complexity index is 1230. The molecular formula is C22H18Cl2N4O4S. The van der Waals surface area contributed by atoms with E-state index in [-0.39, 0.29) is 31.0 Å². The second kappa shape index (κ2) is 10.2. The van der Waals surface area contributed by atoms with Gasteiger partial charge in [0.25, 0.3) is 11.1 Å². The van der Waals surface area contributed by atoms with Crippen LogP contribution in [0.4, 0.5) is 0 Å². The molecule has 1 aromatic carbocycles. The quantitative estimate of drug-likeness (QED) is 0.351. The minimum absolute atomic E-state index is 0. The van der Waals surface area contributed by atoms with Gasteiger partial charge in [0, 0.05) is 17.8 Å². The fourth-order valence-corrected chi connectivity index (χ4v) is 4.15. The van der Waals surface area contributed by atoms with E-state index in [1.165, 1.54) is 23.7 Å². The van der Waals surface area contributed by atoms with Gasteiger partial charge in [0.05, 0.1) is 18.9 Å². The van der Waals surface area contributed by atoms with Crippen molar-refractivity contribution < 1.29 is 18.8 Å². The largest absolute Gasteiger partial charge is 0.485 e. The van der Waals surface area contributed by atoms with Gasteiger partial charge in [-0.15, -0.1) is 12.4 Å². The van der Waals surface area contributed by atoms with Crippen molar-refractivity contribution in [1.82, 2.24) is 20.4 Å². The first-order chi connectivity index (χ1) is 15.6. The van der Waals surface area contributed by atoms with Gasteiger partial charge in [-0.25, -0.2) is 9.97 Å². The number of rotatable bonds is 6. The average molecular weight is 505 g/mol. The first-order valence-electron chi connectivity index (χ1n) is 9.86. The van der Waals surface area contributed by atoms with Crippen LogP contribution in [0.5, 0.6) is 16.7 Å². The van der Waals surface area contributed by atoms with Crippen molar-refractivity contribution in [2.24, 2.45) is 0 Å². The highest BCUT2D eigenvalue weighted by Gasteiger charge is 2.22. The molecule has 4 heterocycles. The number of amides is 1. The number of benzene rings is 1. The minimum Gasteiger partial charge on any atom is -0.485 e. The molecule has 1 atom stereocenters. The summed E-state index contributed by atoms with van der Waals surface area (Å²) in [4.78, 5) is 21.1. The number of nitrogens with one attached hydrogen (secondary N) is 1. The topological polar surface area (TPSA) is 99.4 Å². The van der Waals surface area contributed by atoms with Crippen molar-refractivity contribution in [3.63, 3.8) is 0 Å². The van der Waals surface area contributed by atoms with E-state index >= 15 is 0 Å². The highest BCUT2D eigenvalue weighted by atomic mass is 35.5. The third kappa shape index (κ3) is 5.44. The highest BCUT2D eigenvalue weighted by molar-refractivity contribution is 7.15. The normalized spacial score (nSPS) is 14.5. The lowest BCUT2D eigenvalue weighted by molar-refractivity contribution is 0.0951. The lowest BCUT2D eigenvalue weighted by Crippen LogP contribution is -2.21. The molecule has 1 aliphatic heterocycles. The highest BCUT2D eigenvalue weighted by Crippen LogP contribution is 2.38. The fraction of sp³-hybridized carbons (Fsp3) is 0.182. The zero-order chi connectivity index (χ0) is 21.9. The van der Waals surface area contributed by atoms with Crippen molar-refractivity contribution in [2.45, 2.75) is 25.5 Å². The van der Waals surface area contributed by atoms with Crippen molar-refractivity contribution in [1.29, 1.82) is 0 Å². The van der Waals surface area contributed by atoms with Gasteiger partial charge in [-0.1, -0.05) is 34.2 Å². The maximum atomic E-state index is 12.3. The Morgan fingerprint density at radius 3 is 2.91 bits per heavy atom.